The van der Waals surface area contributed by atoms with Crippen molar-refractivity contribution in [3.63, 3.8) is 0 Å². The largest absolute Gasteiger partial charge is 0.493 e. The van der Waals surface area contributed by atoms with Crippen LogP contribution in [0.2, 0.25) is 0 Å². The van der Waals surface area contributed by atoms with Crippen LogP contribution in [0.1, 0.15) is 44.7 Å². The van der Waals surface area contributed by atoms with Crippen LogP contribution in [0.5, 0.6) is 11.5 Å². The lowest BCUT2D eigenvalue weighted by Gasteiger charge is -2.24. The molecule has 1 aromatic heterocycles. The summed E-state index contributed by atoms with van der Waals surface area (Å²) in [4.78, 5) is 10.7. The van der Waals surface area contributed by atoms with E-state index in [-0.39, 0.29) is 6.17 Å². The van der Waals surface area contributed by atoms with Gasteiger partial charge in [-0.3, -0.25) is 15.1 Å². The molecule has 1 fully saturated rings. The van der Waals surface area contributed by atoms with Gasteiger partial charge in [-0.05, 0) is 54.2 Å². The first-order valence-electron chi connectivity index (χ1n) is 10.9. The number of nitrogens with one attached hydrogen (secondary N) is 1. The highest BCUT2D eigenvalue weighted by Crippen LogP contribution is 2.36. The van der Waals surface area contributed by atoms with Crippen molar-refractivity contribution in [2.24, 2.45) is 5.92 Å². The summed E-state index contributed by atoms with van der Waals surface area (Å²) < 4.78 is 11.2. The Balaban J connectivity index is 1.77. The van der Waals surface area contributed by atoms with Gasteiger partial charge < -0.3 is 9.47 Å². The van der Waals surface area contributed by atoms with Crippen molar-refractivity contribution in [2.45, 2.75) is 52.8 Å². The van der Waals surface area contributed by atoms with Crippen LogP contribution in [0.25, 0.3) is 11.3 Å². The maximum Gasteiger partial charge on any atom is 0.163 e. The summed E-state index contributed by atoms with van der Waals surface area (Å²) >= 11 is 0. The van der Waals surface area contributed by atoms with Gasteiger partial charge in [0.1, 0.15) is 0 Å². The molecule has 0 unspecified atom stereocenters. The van der Waals surface area contributed by atoms with Crippen LogP contribution < -0.4 is 14.8 Å². The van der Waals surface area contributed by atoms with Gasteiger partial charge in [-0.2, -0.15) is 5.06 Å². The minimum Gasteiger partial charge on any atom is -0.493 e. The van der Waals surface area contributed by atoms with Crippen molar-refractivity contribution in [2.75, 3.05) is 27.3 Å². The summed E-state index contributed by atoms with van der Waals surface area (Å²) in [6, 6.07) is 8.25. The summed E-state index contributed by atoms with van der Waals surface area (Å²) in [5, 5.41) is 5.60. The lowest BCUT2D eigenvalue weighted by Crippen LogP contribution is -2.36. The molecule has 0 radical (unpaired) electrons. The van der Waals surface area contributed by atoms with Crippen LogP contribution in [0.15, 0.2) is 30.5 Å². The minimum atomic E-state index is 0.286. The summed E-state index contributed by atoms with van der Waals surface area (Å²) in [5.41, 5.74) is 4.17. The van der Waals surface area contributed by atoms with Gasteiger partial charge in [0, 0.05) is 24.8 Å². The number of pyridine rings is 1. The molecule has 1 aliphatic heterocycles. The summed E-state index contributed by atoms with van der Waals surface area (Å²) in [6.07, 6.45) is 5.17. The topological polar surface area (TPSA) is 55.9 Å². The molecule has 30 heavy (non-hydrogen) atoms. The van der Waals surface area contributed by atoms with Crippen LogP contribution in [0, 0.1) is 5.92 Å². The highest BCUT2D eigenvalue weighted by atomic mass is 16.7. The average Bonchev–Trinajstić information content (AvgIpc) is 3.18. The summed E-state index contributed by atoms with van der Waals surface area (Å²) in [5.74, 6) is 2.17. The van der Waals surface area contributed by atoms with Gasteiger partial charge in [0.2, 0.25) is 0 Å². The Hall–Kier alpha value is -2.15. The molecule has 2 heterocycles. The Morgan fingerprint density at radius 2 is 2.03 bits per heavy atom. The van der Waals surface area contributed by atoms with Crippen molar-refractivity contribution in [1.82, 2.24) is 15.4 Å². The minimum absolute atomic E-state index is 0.286. The first kappa shape index (κ1) is 22.5. The smallest absolute Gasteiger partial charge is 0.163 e. The van der Waals surface area contributed by atoms with Gasteiger partial charge >= 0.3 is 0 Å². The Morgan fingerprint density at radius 3 is 2.73 bits per heavy atom. The fourth-order valence-corrected chi connectivity index (χ4v) is 3.93. The standard InChI is InChI=1S/C24H35N3O3/c1-6-7-19-14-20(15-22(28-4)24(19)29-5)21-13-18(8-9-25-21)16-30-27-11-10-26-23(27)12-17(2)3/h8-9,13-15,17,23,26H,6-7,10-12,16H2,1-5H3/t23-/m1/s1. The number of hydrogen-bond acceptors (Lipinski definition) is 6. The van der Waals surface area contributed by atoms with Crippen molar-refractivity contribution < 1.29 is 14.3 Å². The van der Waals surface area contributed by atoms with Gasteiger partial charge in [-0.25, -0.2) is 0 Å². The third kappa shape index (κ3) is 5.50. The van der Waals surface area contributed by atoms with E-state index in [1.54, 1.807) is 14.2 Å². The number of hydrogen-bond donors (Lipinski definition) is 1. The molecular formula is C24H35N3O3. The number of hydroxylamine groups is 2. The molecule has 0 spiro atoms. The molecule has 0 aliphatic carbocycles. The average molecular weight is 414 g/mol. The summed E-state index contributed by atoms with van der Waals surface area (Å²) in [7, 11) is 3.36. The normalized spacial score (nSPS) is 16.9. The van der Waals surface area contributed by atoms with E-state index in [4.69, 9.17) is 14.3 Å². The molecule has 6 nitrogen and oxygen atoms in total. The zero-order chi connectivity index (χ0) is 21.5. The second-order valence-corrected chi connectivity index (χ2v) is 8.18. The van der Waals surface area contributed by atoms with Crippen LogP contribution >= 0.6 is 0 Å². The molecule has 1 N–H and O–H groups in total. The van der Waals surface area contributed by atoms with E-state index in [1.165, 1.54) is 0 Å². The highest BCUT2D eigenvalue weighted by molar-refractivity contribution is 5.67. The molecule has 0 amide bonds. The Labute approximate surface area is 180 Å². The van der Waals surface area contributed by atoms with Gasteiger partial charge in [0.15, 0.2) is 11.5 Å². The molecule has 0 bridgehead atoms. The van der Waals surface area contributed by atoms with Crippen LogP contribution in [0.3, 0.4) is 0 Å². The van der Waals surface area contributed by atoms with Crippen molar-refractivity contribution in [3.05, 3.63) is 41.6 Å². The van der Waals surface area contributed by atoms with E-state index in [2.05, 4.69) is 48.3 Å². The van der Waals surface area contributed by atoms with E-state index in [9.17, 15) is 0 Å². The third-order valence-electron chi connectivity index (χ3n) is 5.35. The molecule has 2 aromatic rings. The predicted octanol–water partition coefficient (Wildman–Crippen LogP) is 4.43. The Morgan fingerprint density at radius 1 is 1.20 bits per heavy atom. The van der Waals surface area contributed by atoms with E-state index in [0.29, 0.717) is 12.5 Å². The van der Waals surface area contributed by atoms with Crippen LogP contribution in [-0.2, 0) is 17.9 Å². The van der Waals surface area contributed by atoms with Gasteiger partial charge in [0.05, 0.1) is 32.7 Å². The molecule has 3 rings (SSSR count). The lowest BCUT2D eigenvalue weighted by molar-refractivity contribution is -0.183. The molecule has 1 atom stereocenters. The maximum atomic E-state index is 6.14. The third-order valence-corrected chi connectivity index (χ3v) is 5.35. The van der Waals surface area contributed by atoms with Gasteiger partial charge in [-0.1, -0.05) is 27.2 Å². The number of aryl methyl sites for hydroxylation is 1. The first-order valence-corrected chi connectivity index (χ1v) is 10.9. The zero-order valence-corrected chi connectivity index (χ0v) is 18.9. The Kier molecular flexibility index (Phi) is 8.08. The van der Waals surface area contributed by atoms with Gasteiger partial charge in [-0.15, -0.1) is 0 Å². The first-order chi connectivity index (χ1) is 14.5. The second kappa shape index (κ2) is 10.8. The molecular weight excluding hydrogens is 378 g/mol. The summed E-state index contributed by atoms with van der Waals surface area (Å²) in [6.45, 7) is 9.04. The molecule has 1 aromatic carbocycles. The number of benzene rings is 1. The quantitative estimate of drug-likeness (QED) is 0.622. The molecule has 6 heteroatoms. The number of ether oxygens (including phenoxy) is 2. The van der Waals surface area contributed by atoms with E-state index in [0.717, 1.165) is 66.2 Å². The van der Waals surface area contributed by atoms with Crippen molar-refractivity contribution in [3.8, 4) is 22.8 Å². The van der Waals surface area contributed by atoms with Crippen LogP contribution in [0.4, 0.5) is 0 Å². The fraction of sp³-hybridized carbons (Fsp3) is 0.542. The van der Waals surface area contributed by atoms with E-state index in [1.807, 2.05) is 18.3 Å². The Bertz CT molecular complexity index is 825. The molecule has 1 aliphatic rings. The number of aromatic nitrogens is 1. The SMILES string of the molecule is CCCc1cc(-c2cc(CON3CCN[C@H]3CC(C)C)ccn2)cc(OC)c1OC. The molecule has 0 saturated carbocycles. The zero-order valence-electron chi connectivity index (χ0n) is 18.9. The van der Waals surface area contributed by atoms with Crippen molar-refractivity contribution in [1.29, 1.82) is 0 Å². The van der Waals surface area contributed by atoms with E-state index < -0.39 is 0 Å². The number of methoxy groups -OCH3 is 2. The highest BCUT2D eigenvalue weighted by Gasteiger charge is 2.25. The second-order valence-electron chi connectivity index (χ2n) is 8.18. The van der Waals surface area contributed by atoms with E-state index >= 15 is 0 Å². The molecule has 164 valence electrons. The monoisotopic (exact) mass is 413 g/mol. The predicted molar refractivity (Wildman–Crippen MR) is 120 cm³/mol. The number of rotatable bonds is 10. The maximum absolute atomic E-state index is 6.14. The number of nitrogens with zero attached hydrogens (tertiary/aromatic N) is 2. The fourth-order valence-electron chi connectivity index (χ4n) is 3.93. The van der Waals surface area contributed by atoms with Gasteiger partial charge in [0.25, 0.3) is 0 Å². The molecule has 1 saturated heterocycles. The van der Waals surface area contributed by atoms with Crippen LogP contribution in [-0.4, -0.2) is 43.5 Å². The van der Waals surface area contributed by atoms with Crippen molar-refractivity contribution >= 4 is 0 Å². The lowest BCUT2D eigenvalue weighted by atomic mass is 10.0.